The zero-order chi connectivity index (χ0) is 11.9. The van der Waals surface area contributed by atoms with Crippen LogP contribution >= 0.6 is 0 Å². The number of benzene rings is 1. The minimum atomic E-state index is -0.131. The lowest BCUT2D eigenvalue weighted by Gasteiger charge is -2.22. The Labute approximate surface area is 102 Å². The average Bonchev–Trinajstić information content (AvgIpc) is 2.38. The fraction of sp³-hybridized carbons (Fsp3) is 0.571. The largest absolute Gasteiger partial charge is 0.378 e. The molecule has 1 saturated heterocycles. The molecule has 2 rings (SSSR count). The summed E-state index contributed by atoms with van der Waals surface area (Å²) in [6, 6.07) is 6.90. The number of ether oxygens (including phenoxy) is 1. The molecule has 1 fully saturated rings. The molecule has 2 nitrogen and oxygen atoms in total. The van der Waals surface area contributed by atoms with E-state index >= 15 is 0 Å². The van der Waals surface area contributed by atoms with Crippen molar-refractivity contribution < 1.29 is 9.13 Å². The Morgan fingerprint density at radius 1 is 1.29 bits per heavy atom. The van der Waals surface area contributed by atoms with Crippen LogP contribution in [-0.4, -0.2) is 19.3 Å². The Bertz CT molecular complexity index is 337. The first-order valence-corrected chi connectivity index (χ1v) is 6.42. The number of hydrogen-bond acceptors (Lipinski definition) is 2. The molecule has 0 aromatic heterocycles. The van der Waals surface area contributed by atoms with Crippen LogP contribution in [0.25, 0.3) is 0 Å². The van der Waals surface area contributed by atoms with Crippen molar-refractivity contribution in [1.82, 2.24) is 5.32 Å². The van der Waals surface area contributed by atoms with Crippen LogP contribution in [0, 0.1) is 5.82 Å². The smallest absolute Gasteiger partial charge is 0.127 e. The highest BCUT2D eigenvalue weighted by molar-refractivity contribution is 5.16. The van der Waals surface area contributed by atoms with Crippen LogP contribution in [-0.2, 0) is 11.3 Å². The Morgan fingerprint density at radius 3 is 2.94 bits per heavy atom. The standard InChI is InChI=1S/C14H20FNO/c15-14-7-2-1-5-12(14)11-16-9-8-13-6-3-4-10-17-13/h1-2,5,7,13,16H,3-4,6,8-11H2. The van der Waals surface area contributed by atoms with Crippen LogP contribution in [0.2, 0.25) is 0 Å². The minimum Gasteiger partial charge on any atom is -0.378 e. The zero-order valence-corrected chi connectivity index (χ0v) is 10.1. The summed E-state index contributed by atoms with van der Waals surface area (Å²) < 4.78 is 18.9. The summed E-state index contributed by atoms with van der Waals surface area (Å²) in [6.07, 6.45) is 5.06. The van der Waals surface area contributed by atoms with Crippen molar-refractivity contribution in [3.8, 4) is 0 Å². The van der Waals surface area contributed by atoms with Crippen molar-refractivity contribution >= 4 is 0 Å². The molecule has 0 saturated carbocycles. The maximum atomic E-state index is 13.3. The SMILES string of the molecule is Fc1ccccc1CNCCC1CCCCO1. The lowest BCUT2D eigenvalue weighted by molar-refractivity contribution is 0.0115. The third-order valence-corrected chi connectivity index (χ3v) is 3.19. The highest BCUT2D eigenvalue weighted by atomic mass is 19.1. The van der Waals surface area contributed by atoms with E-state index in [4.69, 9.17) is 4.74 Å². The van der Waals surface area contributed by atoms with Gasteiger partial charge >= 0.3 is 0 Å². The highest BCUT2D eigenvalue weighted by Crippen LogP contribution is 2.15. The number of halogens is 1. The predicted molar refractivity (Wildman–Crippen MR) is 66.3 cm³/mol. The fourth-order valence-electron chi connectivity index (χ4n) is 2.16. The van der Waals surface area contributed by atoms with Gasteiger partial charge < -0.3 is 10.1 Å². The van der Waals surface area contributed by atoms with Gasteiger partial charge in [0.25, 0.3) is 0 Å². The summed E-state index contributed by atoms with van der Waals surface area (Å²) in [5.41, 5.74) is 0.733. The lowest BCUT2D eigenvalue weighted by Crippen LogP contribution is -2.25. The van der Waals surface area contributed by atoms with Gasteiger partial charge in [0.1, 0.15) is 5.82 Å². The average molecular weight is 237 g/mol. The van der Waals surface area contributed by atoms with Crippen LogP contribution in [0.1, 0.15) is 31.2 Å². The van der Waals surface area contributed by atoms with Crippen molar-refractivity contribution in [3.05, 3.63) is 35.6 Å². The first-order chi connectivity index (χ1) is 8.36. The molecule has 3 heteroatoms. The summed E-state index contributed by atoms with van der Waals surface area (Å²) in [6.45, 7) is 2.39. The second-order valence-electron chi connectivity index (χ2n) is 4.55. The summed E-state index contributed by atoms with van der Waals surface area (Å²) in [5.74, 6) is -0.131. The Hall–Kier alpha value is -0.930. The van der Waals surface area contributed by atoms with Gasteiger partial charge in [0.2, 0.25) is 0 Å². The van der Waals surface area contributed by atoms with Gasteiger partial charge in [-0.2, -0.15) is 0 Å². The van der Waals surface area contributed by atoms with Crippen molar-refractivity contribution in [2.75, 3.05) is 13.2 Å². The van der Waals surface area contributed by atoms with Gasteiger partial charge in [0.05, 0.1) is 6.10 Å². The summed E-state index contributed by atoms with van der Waals surface area (Å²) in [4.78, 5) is 0. The maximum Gasteiger partial charge on any atom is 0.127 e. The van der Waals surface area contributed by atoms with Gasteiger partial charge in [-0.1, -0.05) is 18.2 Å². The van der Waals surface area contributed by atoms with E-state index in [1.165, 1.54) is 25.3 Å². The third kappa shape index (κ3) is 4.10. The molecule has 1 aromatic rings. The van der Waals surface area contributed by atoms with E-state index in [9.17, 15) is 4.39 Å². The van der Waals surface area contributed by atoms with Crippen molar-refractivity contribution in [2.45, 2.75) is 38.3 Å². The van der Waals surface area contributed by atoms with Crippen molar-refractivity contribution in [2.24, 2.45) is 0 Å². The Morgan fingerprint density at radius 2 is 2.18 bits per heavy atom. The first-order valence-electron chi connectivity index (χ1n) is 6.42. The van der Waals surface area contributed by atoms with Crippen molar-refractivity contribution in [3.63, 3.8) is 0 Å². The number of hydrogen-bond donors (Lipinski definition) is 1. The van der Waals surface area contributed by atoms with Crippen LogP contribution in [0.15, 0.2) is 24.3 Å². The second kappa shape index (κ2) is 6.72. The molecule has 0 radical (unpaired) electrons. The molecule has 1 heterocycles. The molecule has 94 valence electrons. The molecule has 17 heavy (non-hydrogen) atoms. The molecule has 1 aliphatic rings. The van der Waals surface area contributed by atoms with Crippen LogP contribution < -0.4 is 5.32 Å². The van der Waals surface area contributed by atoms with E-state index in [-0.39, 0.29) is 5.82 Å². The molecular formula is C14H20FNO. The highest BCUT2D eigenvalue weighted by Gasteiger charge is 2.12. The normalized spacial score (nSPS) is 20.4. The summed E-state index contributed by atoms with van der Waals surface area (Å²) in [5, 5.41) is 3.27. The van der Waals surface area contributed by atoms with Gasteiger partial charge in [0, 0.05) is 18.7 Å². The van der Waals surface area contributed by atoms with Gasteiger partial charge in [-0.3, -0.25) is 0 Å². The molecular weight excluding hydrogens is 217 g/mol. The van der Waals surface area contributed by atoms with Gasteiger partial charge in [0.15, 0.2) is 0 Å². The van der Waals surface area contributed by atoms with Gasteiger partial charge in [-0.25, -0.2) is 4.39 Å². The number of rotatable bonds is 5. The fourth-order valence-corrected chi connectivity index (χ4v) is 2.16. The molecule has 1 aliphatic heterocycles. The molecule has 0 spiro atoms. The van der Waals surface area contributed by atoms with Crippen molar-refractivity contribution in [1.29, 1.82) is 0 Å². The number of nitrogens with one attached hydrogen (secondary N) is 1. The van der Waals surface area contributed by atoms with Crippen LogP contribution in [0.5, 0.6) is 0 Å². The maximum absolute atomic E-state index is 13.3. The molecule has 1 N–H and O–H groups in total. The van der Waals surface area contributed by atoms with E-state index in [2.05, 4.69) is 5.32 Å². The summed E-state index contributed by atoms with van der Waals surface area (Å²) >= 11 is 0. The molecule has 0 amide bonds. The van der Waals surface area contributed by atoms with Gasteiger partial charge in [-0.05, 0) is 38.3 Å². The lowest BCUT2D eigenvalue weighted by atomic mass is 10.1. The Kier molecular flexibility index (Phi) is 4.95. The molecule has 0 bridgehead atoms. The second-order valence-corrected chi connectivity index (χ2v) is 4.55. The van der Waals surface area contributed by atoms with E-state index in [0.717, 1.165) is 25.1 Å². The third-order valence-electron chi connectivity index (χ3n) is 3.19. The van der Waals surface area contributed by atoms with E-state index in [1.54, 1.807) is 6.07 Å². The van der Waals surface area contributed by atoms with Crippen LogP contribution in [0.4, 0.5) is 4.39 Å². The summed E-state index contributed by atoms with van der Waals surface area (Å²) in [7, 11) is 0. The molecule has 1 aromatic carbocycles. The topological polar surface area (TPSA) is 21.3 Å². The van der Waals surface area contributed by atoms with E-state index in [0.29, 0.717) is 12.6 Å². The van der Waals surface area contributed by atoms with Gasteiger partial charge in [-0.15, -0.1) is 0 Å². The zero-order valence-electron chi connectivity index (χ0n) is 10.1. The van der Waals surface area contributed by atoms with Crippen LogP contribution in [0.3, 0.4) is 0 Å². The predicted octanol–water partition coefficient (Wildman–Crippen LogP) is 2.87. The first kappa shape index (κ1) is 12.5. The Balaban J connectivity index is 1.64. The van der Waals surface area contributed by atoms with E-state index in [1.807, 2.05) is 12.1 Å². The molecule has 0 aliphatic carbocycles. The molecule has 1 unspecified atom stereocenters. The van der Waals surface area contributed by atoms with E-state index < -0.39 is 0 Å². The minimum absolute atomic E-state index is 0.131. The molecule has 1 atom stereocenters. The quantitative estimate of drug-likeness (QED) is 0.795. The monoisotopic (exact) mass is 237 g/mol.